The maximum absolute atomic E-state index is 13.8. The molecule has 1 aliphatic carbocycles. The molecule has 6 nitrogen and oxygen atoms in total. The zero-order valence-corrected chi connectivity index (χ0v) is 14.8. The number of carbonyl (C=O) groups excluding carboxylic acids is 1. The molecule has 8 heteroatoms. The third-order valence-electron chi connectivity index (χ3n) is 4.66. The van der Waals surface area contributed by atoms with Crippen LogP contribution in [0.25, 0.3) is 11.3 Å². The van der Waals surface area contributed by atoms with Gasteiger partial charge in [-0.1, -0.05) is 6.07 Å². The van der Waals surface area contributed by atoms with Crippen molar-refractivity contribution in [2.75, 3.05) is 5.32 Å². The minimum absolute atomic E-state index is 0.00506. The summed E-state index contributed by atoms with van der Waals surface area (Å²) in [5.74, 6) is -0.650. The third-order valence-corrected chi connectivity index (χ3v) is 4.66. The zero-order valence-electron chi connectivity index (χ0n) is 14.8. The normalized spacial score (nSPS) is 13.0. The number of halogens is 2. The van der Waals surface area contributed by atoms with E-state index < -0.39 is 11.6 Å². The molecule has 0 bridgehead atoms. The predicted molar refractivity (Wildman–Crippen MR) is 94.0 cm³/mol. The van der Waals surface area contributed by atoms with Gasteiger partial charge in [0.05, 0.1) is 17.5 Å². The fourth-order valence-electron chi connectivity index (χ4n) is 3.37. The van der Waals surface area contributed by atoms with Crippen LogP contribution in [-0.2, 0) is 31.1 Å². The van der Waals surface area contributed by atoms with Gasteiger partial charge in [-0.15, -0.1) is 0 Å². The quantitative estimate of drug-likeness (QED) is 0.745. The second kappa shape index (κ2) is 6.94. The molecule has 0 fully saturated rings. The highest BCUT2D eigenvalue weighted by Crippen LogP contribution is 2.29. The number of oxazole rings is 1. The molecule has 0 unspecified atom stereocenters. The summed E-state index contributed by atoms with van der Waals surface area (Å²) in [6, 6.07) is 3.59. The molecule has 3 aromatic rings. The van der Waals surface area contributed by atoms with Gasteiger partial charge in [-0.2, -0.15) is 5.10 Å². The van der Waals surface area contributed by atoms with Crippen molar-refractivity contribution >= 4 is 11.7 Å². The van der Waals surface area contributed by atoms with Gasteiger partial charge in [0.1, 0.15) is 17.5 Å². The molecular formula is C19H18F2N4O2. The predicted octanol–water partition coefficient (Wildman–Crippen LogP) is 3.41. The molecule has 4 rings (SSSR count). The topological polar surface area (TPSA) is 73.0 Å². The SMILES string of the molecule is Cn1nc2c(c1NC(=O)CCc1ncc(-c3c(F)cccc3F)o1)CCC2. The van der Waals surface area contributed by atoms with Crippen molar-refractivity contribution in [3.63, 3.8) is 0 Å². The Morgan fingerprint density at radius 2 is 2.07 bits per heavy atom. The van der Waals surface area contributed by atoms with Gasteiger partial charge in [0.15, 0.2) is 11.7 Å². The summed E-state index contributed by atoms with van der Waals surface area (Å²) >= 11 is 0. The van der Waals surface area contributed by atoms with E-state index in [1.165, 1.54) is 12.3 Å². The second-order valence-corrected chi connectivity index (χ2v) is 6.51. The minimum Gasteiger partial charge on any atom is -0.441 e. The fraction of sp³-hybridized carbons (Fsp3) is 0.316. The minimum atomic E-state index is -0.722. The van der Waals surface area contributed by atoms with E-state index in [1.54, 1.807) is 11.7 Å². The van der Waals surface area contributed by atoms with Crippen molar-refractivity contribution in [1.29, 1.82) is 0 Å². The molecule has 27 heavy (non-hydrogen) atoms. The van der Waals surface area contributed by atoms with Crippen molar-refractivity contribution in [2.24, 2.45) is 7.05 Å². The molecule has 0 radical (unpaired) electrons. The van der Waals surface area contributed by atoms with Crippen molar-refractivity contribution in [2.45, 2.75) is 32.1 Å². The fourth-order valence-corrected chi connectivity index (χ4v) is 3.37. The summed E-state index contributed by atoms with van der Waals surface area (Å²) in [6.45, 7) is 0. The molecule has 0 aliphatic heterocycles. The van der Waals surface area contributed by atoms with Gasteiger partial charge in [-0.05, 0) is 31.4 Å². The maximum Gasteiger partial charge on any atom is 0.226 e. The molecule has 0 spiro atoms. The van der Waals surface area contributed by atoms with Crippen LogP contribution >= 0.6 is 0 Å². The van der Waals surface area contributed by atoms with E-state index in [-0.39, 0.29) is 36.0 Å². The highest BCUT2D eigenvalue weighted by molar-refractivity contribution is 5.90. The number of rotatable bonds is 5. The zero-order chi connectivity index (χ0) is 19.0. The summed E-state index contributed by atoms with van der Waals surface area (Å²) < 4.78 is 34.7. The molecule has 1 aliphatic rings. The Labute approximate surface area is 154 Å². The molecule has 1 N–H and O–H groups in total. The number of nitrogens with zero attached hydrogens (tertiary/aromatic N) is 3. The first kappa shape index (κ1) is 17.4. The van der Waals surface area contributed by atoms with E-state index >= 15 is 0 Å². The molecule has 0 saturated carbocycles. The Hall–Kier alpha value is -3.03. The van der Waals surface area contributed by atoms with E-state index in [1.807, 2.05) is 0 Å². The number of hydrogen-bond acceptors (Lipinski definition) is 4. The number of carbonyl (C=O) groups is 1. The summed E-state index contributed by atoms with van der Waals surface area (Å²) in [5, 5.41) is 7.31. The first-order valence-corrected chi connectivity index (χ1v) is 8.76. The first-order valence-electron chi connectivity index (χ1n) is 8.76. The number of benzene rings is 1. The molecule has 1 aromatic carbocycles. The molecular weight excluding hydrogens is 354 g/mol. The summed E-state index contributed by atoms with van der Waals surface area (Å²) in [7, 11) is 1.80. The van der Waals surface area contributed by atoms with E-state index in [0.717, 1.165) is 48.5 Å². The Bertz CT molecular complexity index is 989. The second-order valence-electron chi connectivity index (χ2n) is 6.51. The smallest absolute Gasteiger partial charge is 0.226 e. The van der Waals surface area contributed by atoms with Gasteiger partial charge in [0, 0.05) is 25.5 Å². The van der Waals surface area contributed by atoms with Crippen LogP contribution in [0.15, 0.2) is 28.8 Å². The first-order chi connectivity index (χ1) is 13.0. The lowest BCUT2D eigenvalue weighted by Crippen LogP contribution is -2.16. The summed E-state index contributed by atoms with van der Waals surface area (Å²) in [5.41, 5.74) is 1.88. The van der Waals surface area contributed by atoms with Gasteiger partial charge in [-0.25, -0.2) is 13.8 Å². The van der Waals surface area contributed by atoms with Crippen molar-refractivity contribution in [3.05, 3.63) is 53.2 Å². The molecule has 1 amide bonds. The highest BCUT2D eigenvalue weighted by Gasteiger charge is 2.22. The van der Waals surface area contributed by atoms with Crippen LogP contribution in [0.2, 0.25) is 0 Å². The highest BCUT2D eigenvalue weighted by atomic mass is 19.1. The van der Waals surface area contributed by atoms with Crippen LogP contribution in [0.1, 0.15) is 30.0 Å². The average Bonchev–Trinajstić information content (AvgIpc) is 3.32. The van der Waals surface area contributed by atoms with Crippen molar-refractivity contribution in [1.82, 2.24) is 14.8 Å². The standard InChI is InChI=1S/C19H18F2N4O2/c1-25-19(11-4-2-7-14(11)24-25)23-16(26)8-9-17-22-10-15(27-17)18-12(20)5-3-6-13(18)21/h3,5-6,10H,2,4,7-9H2,1H3,(H,23,26). The molecule has 2 heterocycles. The number of hydrogen-bond donors (Lipinski definition) is 1. The molecule has 2 aromatic heterocycles. The summed E-state index contributed by atoms with van der Waals surface area (Å²) in [6.07, 6.45) is 4.53. The average molecular weight is 372 g/mol. The molecule has 140 valence electrons. The van der Waals surface area contributed by atoms with E-state index in [0.29, 0.717) is 0 Å². The third kappa shape index (κ3) is 3.34. The molecule has 0 atom stereocenters. The van der Waals surface area contributed by atoms with Gasteiger partial charge in [-0.3, -0.25) is 9.48 Å². The Morgan fingerprint density at radius 3 is 2.85 bits per heavy atom. The van der Waals surface area contributed by atoms with Crippen LogP contribution in [0.3, 0.4) is 0 Å². The molecule has 0 saturated heterocycles. The van der Waals surface area contributed by atoms with Gasteiger partial charge >= 0.3 is 0 Å². The lowest BCUT2D eigenvalue weighted by Gasteiger charge is -2.07. The van der Waals surface area contributed by atoms with Crippen LogP contribution < -0.4 is 5.32 Å². The van der Waals surface area contributed by atoms with Gasteiger partial charge in [0.25, 0.3) is 0 Å². The monoisotopic (exact) mass is 372 g/mol. The van der Waals surface area contributed by atoms with Crippen molar-refractivity contribution < 1.29 is 18.0 Å². The summed E-state index contributed by atoms with van der Waals surface area (Å²) in [4.78, 5) is 16.3. The largest absolute Gasteiger partial charge is 0.441 e. The lowest BCUT2D eigenvalue weighted by atomic mass is 10.1. The number of aromatic nitrogens is 3. The van der Waals surface area contributed by atoms with Crippen molar-refractivity contribution in [3.8, 4) is 11.3 Å². The van der Waals surface area contributed by atoms with Gasteiger partial charge in [0.2, 0.25) is 5.91 Å². The van der Waals surface area contributed by atoms with Gasteiger partial charge < -0.3 is 9.73 Å². The van der Waals surface area contributed by atoms with Crippen LogP contribution in [-0.4, -0.2) is 20.7 Å². The number of aryl methyl sites for hydroxylation is 3. The van der Waals surface area contributed by atoms with Crippen LogP contribution in [0.4, 0.5) is 14.6 Å². The van der Waals surface area contributed by atoms with Crippen LogP contribution in [0, 0.1) is 11.6 Å². The van der Waals surface area contributed by atoms with Crippen LogP contribution in [0.5, 0.6) is 0 Å². The van der Waals surface area contributed by atoms with E-state index in [4.69, 9.17) is 4.42 Å². The Kier molecular flexibility index (Phi) is 4.47. The Morgan fingerprint density at radius 1 is 1.30 bits per heavy atom. The van der Waals surface area contributed by atoms with E-state index in [2.05, 4.69) is 15.4 Å². The number of anilines is 1. The lowest BCUT2D eigenvalue weighted by molar-refractivity contribution is -0.116. The Balaban J connectivity index is 1.41. The van der Waals surface area contributed by atoms with E-state index in [9.17, 15) is 13.6 Å². The number of amides is 1. The number of fused-ring (bicyclic) bond motifs is 1. The maximum atomic E-state index is 13.8. The number of nitrogens with one attached hydrogen (secondary N) is 1.